The third-order valence-corrected chi connectivity index (χ3v) is 10.4. The Morgan fingerprint density at radius 2 is 1.85 bits per heavy atom. The number of sulfone groups is 1. The third kappa shape index (κ3) is 4.91. The van der Waals surface area contributed by atoms with Gasteiger partial charge in [-0.25, -0.2) is 8.42 Å². The van der Waals surface area contributed by atoms with Crippen LogP contribution in [-0.2, 0) is 21.2 Å². The van der Waals surface area contributed by atoms with Crippen LogP contribution < -0.4 is 5.32 Å². The molecule has 2 aliphatic carbocycles. The van der Waals surface area contributed by atoms with Gasteiger partial charge in [0.2, 0.25) is 5.91 Å². The van der Waals surface area contributed by atoms with E-state index < -0.39 is 9.84 Å². The van der Waals surface area contributed by atoms with E-state index in [0.29, 0.717) is 30.3 Å². The van der Waals surface area contributed by atoms with Crippen molar-refractivity contribution in [3.8, 4) is 0 Å². The summed E-state index contributed by atoms with van der Waals surface area (Å²) in [6, 6.07) is 7.74. The zero-order valence-corrected chi connectivity index (χ0v) is 20.8. The van der Waals surface area contributed by atoms with E-state index in [2.05, 4.69) is 22.1 Å². The highest BCUT2D eigenvalue weighted by Crippen LogP contribution is 2.36. The lowest BCUT2D eigenvalue weighted by Gasteiger charge is -2.44. The maximum atomic E-state index is 13.2. The Balaban J connectivity index is 1.12. The molecule has 0 aromatic heterocycles. The Hall–Kier alpha value is -2.25. The number of rotatable bonds is 6. The minimum atomic E-state index is -3.32. The van der Waals surface area contributed by atoms with Crippen molar-refractivity contribution in [1.29, 1.82) is 0 Å². The van der Waals surface area contributed by atoms with Crippen LogP contribution in [0.25, 0.3) is 0 Å². The van der Waals surface area contributed by atoms with Gasteiger partial charge in [0.15, 0.2) is 9.84 Å². The molecule has 34 heavy (non-hydrogen) atoms. The van der Waals surface area contributed by atoms with Gasteiger partial charge < -0.3 is 10.2 Å². The minimum absolute atomic E-state index is 0.0326. The summed E-state index contributed by atoms with van der Waals surface area (Å²) in [5.41, 5.74) is 3.46. The van der Waals surface area contributed by atoms with Crippen molar-refractivity contribution in [3.05, 3.63) is 53.3 Å². The van der Waals surface area contributed by atoms with Gasteiger partial charge in [-0.3, -0.25) is 9.79 Å². The normalized spacial score (nSPS) is 27.9. The molecule has 1 amide bonds. The monoisotopic (exact) mass is 481 g/mol. The average Bonchev–Trinajstić information content (AvgIpc) is 3.11. The zero-order valence-electron chi connectivity index (χ0n) is 19.9. The van der Waals surface area contributed by atoms with Crippen LogP contribution in [0.4, 0.5) is 0 Å². The molecule has 6 nitrogen and oxygen atoms in total. The van der Waals surface area contributed by atoms with Gasteiger partial charge in [0.1, 0.15) is 0 Å². The fourth-order valence-electron chi connectivity index (χ4n) is 5.89. The van der Waals surface area contributed by atoms with Crippen molar-refractivity contribution < 1.29 is 13.2 Å². The Morgan fingerprint density at radius 1 is 1.12 bits per heavy atom. The van der Waals surface area contributed by atoms with E-state index in [9.17, 15) is 13.2 Å². The predicted molar refractivity (Wildman–Crippen MR) is 134 cm³/mol. The largest absolute Gasteiger partial charge is 0.352 e. The first-order valence-electron chi connectivity index (χ1n) is 12.6. The van der Waals surface area contributed by atoms with Gasteiger partial charge in [0, 0.05) is 37.3 Å². The maximum absolute atomic E-state index is 13.2. The Morgan fingerprint density at radius 3 is 2.56 bits per heavy atom. The Labute approximate surface area is 203 Å². The molecule has 1 unspecified atom stereocenters. The second-order valence-corrected chi connectivity index (χ2v) is 12.7. The summed E-state index contributed by atoms with van der Waals surface area (Å²) in [4.78, 5) is 19.8. The molecule has 1 aromatic rings. The van der Waals surface area contributed by atoms with Crippen LogP contribution in [-0.4, -0.2) is 49.8 Å². The number of allylic oxidation sites excluding steroid dienone is 3. The van der Waals surface area contributed by atoms with Crippen LogP contribution in [0.15, 0.2) is 57.6 Å². The first kappa shape index (κ1) is 23.5. The molecular weight excluding hydrogens is 446 g/mol. The summed E-state index contributed by atoms with van der Waals surface area (Å²) in [6.45, 7) is 4.46. The number of likely N-dealkylation sites (tertiary alicyclic amines) is 1. The Bertz CT molecular complexity index is 1110. The van der Waals surface area contributed by atoms with Crippen LogP contribution >= 0.6 is 0 Å². The number of carbonyl (C=O) groups excluding carboxylic acids is 1. The molecule has 1 N–H and O–H groups in total. The number of nitrogens with one attached hydrogen (secondary N) is 1. The van der Waals surface area contributed by atoms with Gasteiger partial charge in [-0.15, -0.1) is 0 Å². The van der Waals surface area contributed by atoms with Crippen molar-refractivity contribution in [2.45, 2.75) is 74.6 Å². The van der Waals surface area contributed by atoms with E-state index >= 15 is 0 Å². The molecule has 1 saturated heterocycles. The molecule has 1 atom stereocenters. The van der Waals surface area contributed by atoms with Crippen LogP contribution in [0, 0.1) is 11.8 Å². The quantitative estimate of drug-likeness (QED) is 0.665. The van der Waals surface area contributed by atoms with Gasteiger partial charge in [-0.2, -0.15) is 0 Å². The number of amides is 1. The van der Waals surface area contributed by atoms with Crippen molar-refractivity contribution in [1.82, 2.24) is 10.2 Å². The average molecular weight is 482 g/mol. The summed E-state index contributed by atoms with van der Waals surface area (Å²) in [6.07, 6.45) is 12.0. The van der Waals surface area contributed by atoms with E-state index in [0.717, 1.165) is 43.8 Å². The fourth-order valence-corrected chi connectivity index (χ4v) is 7.62. The summed E-state index contributed by atoms with van der Waals surface area (Å²) in [5.74, 6) is 0.837. The molecule has 0 bridgehead atoms. The number of hydrogen-bond donors (Lipinski definition) is 1. The second-order valence-electron chi connectivity index (χ2n) is 10.5. The lowest BCUT2D eigenvalue weighted by Crippen LogP contribution is -2.49. The summed E-state index contributed by atoms with van der Waals surface area (Å²) in [5, 5.41) is 2.74. The molecule has 7 heteroatoms. The molecule has 1 aromatic carbocycles. The second kappa shape index (κ2) is 9.78. The third-order valence-electron chi connectivity index (χ3n) is 8.09. The minimum Gasteiger partial charge on any atom is -0.352 e. The van der Waals surface area contributed by atoms with E-state index in [1.54, 1.807) is 18.3 Å². The van der Waals surface area contributed by atoms with Crippen LogP contribution in [0.3, 0.4) is 0 Å². The topological polar surface area (TPSA) is 78.8 Å². The van der Waals surface area contributed by atoms with E-state index in [4.69, 9.17) is 0 Å². The number of benzene rings is 1. The molecule has 2 aliphatic heterocycles. The van der Waals surface area contributed by atoms with Crippen molar-refractivity contribution in [2.24, 2.45) is 16.8 Å². The zero-order chi connectivity index (χ0) is 23.7. The number of hydrogen-bond acceptors (Lipinski definition) is 5. The van der Waals surface area contributed by atoms with Crippen molar-refractivity contribution in [2.75, 3.05) is 13.1 Å². The standard InChI is InChI=1S/C27H35N3O3S/c1-19-14-24(15-19)30-12-8-26(9-13-30)34(32,33)25-4-2-20(3-5-25)18-29-27(31)23-16-21-6-10-28-11-7-22(21)17-23/h2-6,10-11,19,23-24,26H,7-9,12-18H2,1H3,(H,29,31). The highest BCUT2D eigenvalue weighted by molar-refractivity contribution is 7.92. The predicted octanol–water partition coefficient (Wildman–Crippen LogP) is 4.03. The highest BCUT2D eigenvalue weighted by Gasteiger charge is 2.37. The molecule has 4 aliphatic rings. The summed E-state index contributed by atoms with van der Waals surface area (Å²) in [7, 11) is -3.32. The molecule has 5 rings (SSSR count). The maximum Gasteiger partial charge on any atom is 0.224 e. The lowest BCUT2D eigenvalue weighted by molar-refractivity contribution is -0.124. The Kier molecular flexibility index (Phi) is 6.76. The molecule has 2 fully saturated rings. The molecule has 0 spiro atoms. The first-order valence-corrected chi connectivity index (χ1v) is 14.2. The summed E-state index contributed by atoms with van der Waals surface area (Å²) < 4.78 is 26.4. The van der Waals surface area contributed by atoms with E-state index in [1.165, 1.54) is 24.0 Å². The smallest absolute Gasteiger partial charge is 0.224 e. The van der Waals surface area contributed by atoms with E-state index in [1.807, 2.05) is 24.4 Å². The SMILES string of the molecule is CC1CC(N2CCC(S(=O)(=O)c3ccc(CNC(=O)C4CC5=C(CC=NC=C5)C4)cc3)CC2)C1. The number of aliphatic imine (C=N–C) groups is 1. The van der Waals surface area contributed by atoms with E-state index in [-0.39, 0.29) is 17.1 Å². The fraction of sp³-hybridized carbons (Fsp3) is 0.556. The molecule has 182 valence electrons. The van der Waals surface area contributed by atoms with Gasteiger partial charge in [0.25, 0.3) is 0 Å². The molecular formula is C27H35N3O3S. The van der Waals surface area contributed by atoms with Gasteiger partial charge in [-0.05, 0) is 86.9 Å². The van der Waals surface area contributed by atoms with Crippen molar-refractivity contribution >= 4 is 22.0 Å². The van der Waals surface area contributed by atoms with Gasteiger partial charge in [0.05, 0.1) is 10.1 Å². The van der Waals surface area contributed by atoms with Crippen LogP contribution in [0.5, 0.6) is 0 Å². The first-order chi connectivity index (χ1) is 16.4. The lowest BCUT2D eigenvalue weighted by atomic mass is 9.80. The van der Waals surface area contributed by atoms with Crippen molar-refractivity contribution in [3.63, 3.8) is 0 Å². The van der Waals surface area contributed by atoms with Crippen LogP contribution in [0.1, 0.15) is 57.4 Å². The molecule has 0 radical (unpaired) electrons. The van der Waals surface area contributed by atoms with Gasteiger partial charge in [-0.1, -0.05) is 24.6 Å². The summed E-state index contributed by atoms with van der Waals surface area (Å²) >= 11 is 0. The number of piperidine rings is 1. The highest BCUT2D eigenvalue weighted by atomic mass is 32.2. The molecule has 2 heterocycles. The number of nitrogens with zero attached hydrogens (tertiary/aromatic N) is 2. The number of carbonyl (C=O) groups is 1. The van der Waals surface area contributed by atoms with Gasteiger partial charge >= 0.3 is 0 Å². The van der Waals surface area contributed by atoms with Crippen LogP contribution in [0.2, 0.25) is 0 Å². The molecule has 1 saturated carbocycles.